The number of hydrogen-bond acceptors (Lipinski definition) is 2. The smallest absolute Gasteiger partial charge is 0.299 e. The summed E-state index contributed by atoms with van der Waals surface area (Å²) >= 11 is 0. The van der Waals surface area contributed by atoms with Crippen molar-refractivity contribution in [1.29, 1.82) is 0 Å². The van der Waals surface area contributed by atoms with Crippen molar-refractivity contribution in [2.45, 2.75) is 25.6 Å². The second kappa shape index (κ2) is 4.26. The zero-order chi connectivity index (χ0) is 10.6. The third-order valence-corrected chi connectivity index (χ3v) is 1.65. The molecule has 0 spiro atoms. The van der Waals surface area contributed by atoms with E-state index in [1.54, 1.807) is 0 Å². The Bertz CT molecular complexity index is 345. The zero-order valence-electron chi connectivity index (χ0n) is 7.29. The molecule has 0 atom stereocenters. The number of hydrogen-bond donors (Lipinski definition) is 0. The van der Waals surface area contributed by atoms with Crippen molar-refractivity contribution in [3.63, 3.8) is 0 Å². The summed E-state index contributed by atoms with van der Waals surface area (Å²) in [6.45, 7) is 0.0478. The molecule has 0 aromatic carbocycles. The molecule has 1 heterocycles. The Hall–Kier alpha value is -1.33. The molecule has 1 rings (SSSR count). The van der Waals surface area contributed by atoms with E-state index in [2.05, 4.69) is 4.98 Å². The van der Waals surface area contributed by atoms with E-state index in [1.807, 2.05) is 0 Å². The first-order valence-electron chi connectivity index (χ1n) is 4.06. The van der Waals surface area contributed by atoms with Gasteiger partial charge in [0, 0.05) is 25.2 Å². The molecular formula is C8H9F3N2O. The zero-order valence-corrected chi connectivity index (χ0v) is 7.29. The fourth-order valence-electron chi connectivity index (χ4n) is 0.996. The number of rotatable bonds is 3. The van der Waals surface area contributed by atoms with E-state index < -0.39 is 12.6 Å². The highest BCUT2D eigenvalue weighted by molar-refractivity contribution is 4.81. The quantitative estimate of drug-likeness (QED) is 0.752. The van der Waals surface area contributed by atoms with Crippen molar-refractivity contribution in [3.05, 3.63) is 28.9 Å². The highest BCUT2D eigenvalue weighted by atomic mass is 19.4. The maximum Gasteiger partial charge on any atom is 0.389 e. The lowest BCUT2D eigenvalue weighted by Gasteiger charge is -2.06. The first-order chi connectivity index (χ1) is 6.49. The summed E-state index contributed by atoms with van der Waals surface area (Å²) in [5.41, 5.74) is -0.331. The van der Waals surface area contributed by atoms with Crippen LogP contribution in [0, 0.1) is 0 Å². The maximum atomic E-state index is 11.8. The first kappa shape index (κ1) is 10.7. The van der Waals surface area contributed by atoms with Crippen LogP contribution in [0.2, 0.25) is 0 Å². The van der Waals surface area contributed by atoms with Crippen LogP contribution >= 0.6 is 0 Å². The average molecular weight is 206 g/mol. The van der Waals surface area contributed by atoms with E-state index in [-0.39, 0.29) is 18.5 Å². The second-order valence-electron chi connectivity index (χ2n) is 2.83. The third-order valence-electron chi connectivity index (χ3n) is 1.65. The van der Waals surface area contributed by atoms with Crippen molar-refractivity contribution >= 4 is 0 Å². The Morgan fingerprint density at radius 2 is 2.14 bits per heavy atom. The van der Waals surface area contributed by atoms with E-state index in [4.69, 9.17) is 0 Å². The predicted molar refractivity (Wildman–Crippen MR) is 43.8 cm³/mol. The minimum absolute atomic E-state index is 0.0478. The summed E-state index contributed by atoms with van der Waals surface area (Å²) in [5, 5.41) is 0. The summed E-state index contributed by atoms with van der Waals surface area (Å²) in [4.78, 5) is 14.7. The van der Waals surface area contributed by atoms with Gasteiger partial charge in [0.05, 0.1) is 6.33 Å². The predicted octanol–water partition coefficient (Wildman–Crippen LogP) is 1.59. The van der Waals surface area contributed by atoms with Crippen LogP contribution in [-0.4, -0.2) is 15.7 Å². The molecule has 0 bridgehead atoms. The van der Waals surface area contributed by atoms with Crippen LogP contribution in [0.5, 0.6) is 0 Å². The minimum atomic E-state index is -4.16. The average Bonchev–Trinajstić information content (AvgIpc) is 2.06. The van der Waals surface area contributed by atoms with Crippen molar-refractivity contribution < 1.29 is 13.2 Å². The molecule has 78 valence electrons. The standard InChI is InChI=1S/C8H9F3N2O/c9-8(10,11)3-1-5-13-6-12-4-2-7(13)14/h2,4,6H,1,3,5H2. The Balaban J connectivity index is 2.47. The van der Waals surface area contributed by atoms with Gasteiger partial charge in [-0.1, -0.05) is 0 Å². The number of aromatic nitrogens is 2. The van der Waals surface area contributed by atoms with Gasteiger partial charge in [-0.25, -0.2) is 4.98 Å². The van der Waals surface area contributed by atoms with Gasteiger partial charge in [-0.2, -0.15) is 13.2 Å². The summed E-state index contributed by atoms with van der Waals surface area (Å²) in [6.07, 6.45) is -2.60. The Kier molecular flexibility index (Phi) is 3.27. The molecule has 0 radical (unpaired) electrons. The van der Waals surface area contributed by atoms with Gasteiger partial charge in [0.2, 0.25) is 0 Å². The monoisotopic (exact) mass is 206 g/mol. The van der Waals surface area contributed by atoms with Crippen LogP contribution in [0.3, 0.4) is 0 Å². The first-order valence-corrected chi connectivity index (χ1v) is 4.06. The molecule has 1 aromatic rings. The normalized spacial score (nSPS) is 11.6. The molecule has 0 fully saturated rings. The fourth-order valence-corrected chi connectivity index (χ4v) is 0.996. The molecule has 0 unspecified atom stereocenters. The maximum absolute atomic E-state index is 11.8. The van der Waals surface area contributed by atoms with E-state index in [1.165, 1.54) is 18.6 Å². The van der Waals surface area contributed by atoms with Crippen LogP contribution in [0.25, 0.3) is 0 Å². The van der Waals surface area contributed by atoms with Crippen molar-refractivity contribution in [3.8, 4) is 0 Å². The van der Waals surface area contributed by atoms with Gasteiger partial charge >= 0.3 is 6.18 Å². The summed E-state index contributed by atoms with van der Waals surface area (Å²) in [7, 11) is 0. The Morgan fingerprint density at radius 1 is 1.43 bits per heavy atom. The van der Waals surface area contributed by atoms with Crippen molar-refractivity contribution in [2.24, 2.45) is 0 Å². The van der Waals surface area contributed by atoms with Crippen molar-refractivity contribution in [1.82, 2.24) is 9.55 Å². The molecule has 0 aliphatic heterocycles. The van der Waals surface area contributed by atoms with E-state index >= 15 is 0 Å². The van der Waals surface area contributed by atoms with E-state index in [0.29, 0.717) is 0 Å². The van der Waals surface area contributed by atoms with Crippen LogP contribution in [0.1, 0.15) is 12.8 Å². The minimum Gasteiger partial charge on any atom is -0.299 e. The SMILES string of the molecule is O=c1ccncn1CCCC(F)(F)F. The lowest BCUT2D eigenvalue weighted by atomic mass is 10.3. The number of halogens is 3. The van der Waals surface area contributed by atoms with Crippen LogP contribution < -0.4 is 5.56 Å². The molecule has 6 heteroatoms. The van der Waals surface area contributed by atoms with Crippen LogP contribution in [0.4, 0.5) is 13.2 Å². The Labute approximate surface area is 78.2 Å². The van der Waals surface area contributed by atoms with Gasteiger partial charge in [-0.05, 0) is 6.42 Å². The fraction of sp³-hybridized carbons (Fsp3) is 0.500. The molecule has 0 aliphatic carbocycles. The second-order valence-corrected chi connectivity index (χ2v) is 2.83. The van der Waals surface area contributed by atoms with E-state index in [0.717, 1.165) is 4.57 Å². The van der Waals surface area contributed by atoms with Crippen molar-refractivity contribution in [2.75, 3.05) is 0 Å². The summed E-state index contributed by atoms with van der Waals surface area (Å²) in [5.74, 6) is 0. The molecule has 3 nitrogen and oxygen atoms in total. The molecular weight excluding hydrogens is 197 g/mol. The third kappa shape index (κ3) is 3.59. The molecule has 0 saturated carbocycles. The largest absolute Gasteiger partial charge is 0.389 e. The molecule has 0 N–H and O–H groups in total. The lowest BCUT2D eigenvalue weighted by molar-refractivity contribution is -0.135. The van der Waals surface area contributed by atoms with Gasteiger partial charge in [0.1, 0.15) is 0 Å². The van der Waals surface area contributed by atoms with Crippen LogP contribution in [0.15, 0.2) is 23.4 Å². The highest BCUT2D eigenvalue weighted by Crippen LogP contribution is 2.21. The molecule has 14 heavy (non-hydrogen) atoms. The van der Waals surface area contributed by atoms with Crippen LogP contribution in [-0.2, 0) is 6.54 Å². The molecule has 1 aromatic heterocycles. The molecule has 0 amide bonds. The summed E-state index contributed by atoms with van der Waals surface area (Å²) in [6, 6.07) is 1.22. The number of aryl methyl sites for hydroxylation is 1. The summed E-state index contributed by atoms with van der Waals surface area (Å²) < 4.78 is 36.4. The highest BCUT2D eigenvalue weighted by Gasteiger charge is 2.25. The lowest BCUT2D eigenvalue weighted by Crippen LogP contribution is -2.20. The van der Waals surface area contributed by atoms with Gasteiger partial charge < -0.3 is 0 Å². The molecule has 0 saturated heterocycles. The van der Waals surface area contributed by atoms with Gasteiger partial charge in [-0.3, -0.25) is 9.36 Å². The van der Waals surface area contributed by atoms with Gasteiger partial charge in [-0.15, -0.1) is 0 Å². The number of nitrogens with zero attached hydrogens (tertiary/aromatic N) is 2. The van der Waals surface area contributed by atoms with Gasteiger partial charge in [0.15, 0.2) is 0 Å². The van der Waals surface area contributed by atoms with Gasteiger partial charge in [0.25, 0.3) is 5.56 Å². The Morgan fingerprint density at radius 3 is 2.71 bits per heavy atom. The van der Waals surface area contributed by atoms with E-state index in [9.17, 15) is 18.0 Å². The molecule has 0 aliphatic rings. The topological polar surface area (TPSA) is 34.9 Å². The number of alkyl halides is 3.